The van der Waals surface area contributed by atoms with Gasteiger partial charge in [-0.25, -0.2) is 0 Å². The number of aromatic nitrogens is 3. The standard InChI is InChI=1S/C29H28ClN5O3S/c1-20-18-33(15-16-34(20)28(37)24-13-6-7-14-25(24)30)26(36)19-39-29-32-31-27(21-9-8-12-23(17-21)38-2)35(29)22-10-4-3-5-11-22/h3-14,17,20H,15-16,18-19H2,1-2H3. The summed E-state index contributed by atoms with van der Waals surface area (Å²) >= 11 is 7.59. The number of hydrogen-bond donors (Lipinski definition) is 0. The Labute approximate surface area is 236 Å². The molecule has 10 heteroatoms. The summed E-state index contributed by atoms with van der Waals surface area (Å²) < 4.78 is 7.35. The van der Waals surface area contributed by atoms with Crippen molar-refractivity contribution >= 4 is 35.2 Å². The summed E-state index contributed by atoms with van der Waals surface area (Å²) in [5.41, 5.74) is 2.24. The summed E-state index contributed by atoms with van der Waals surface area (Å²) in [7, 11) is 1.63. The summed E-state index contributed by atoms with van der Waals surface area (Å²) in [5.74, 6) is 1.46. The van der Waals surface area contributed by atoms with Crippen molar-refractivity contribution < 1.29 is 14.3 Å². The molecule has 5 rings (SSSR count). The first kappa shape index (κ1) is 26.8. The van der Waals surface area contributed by atoms with Crippen LogP contribution in [0.15, 0.2) is 84.0 Å². The van der Waals surface area contributed by atoms with E-state index < -0.39 is 0 Å². The number of benzene rings is 3. The molecule has 0 radical (unpaired) electrons. The molecule has 1 atom stereocenters. The number of para-hydroxylation sites is 1. The van der Waals surface area contributed by atoms with Crippen molar-refractivity contribution in [3.8, 4) is 22.8 Å². The van der Waals surface area contributed by atoms with E-state index in [-0.39, 0.29) is 23.6 Å². The van der Waals surface area contributed by atoms with Crippen LogP contribution in [0.5, 0.6) is 5.75 Å². The SMILES string of the molecule is COc1cccc(-c2nnc(SCC(=O)N3CCN(C(=O)c4ccccc4Cl)C(C)C3)n2-c2ccccc2)c1. The van der Waals surface area contributed by atoms with Crippen molar-refractivity contribution in [1.82, 2.24) is 24.6 Å². The number of hydrogen-bond acceptors (Lipinski definition) is 6. The number of nitrogens with zero attached hydrogens (tertiary/aromatic N) is 5. The second-order valence-corrected chi connectivity index (χ2v) is 10.5. The lowest BCUT2D eigenvalue weighted by Gasteiger charge is -2.40. The first-order valence-corrected chi connectivity index (χ1v) is 13.9. The number of piperazine rings is 1. The maximum absolute atomic E-state index is 13.2. The highest BCUT2D eigenvalue weighted by molar-refractivity contribution is 7.99. The predicted octanol–water partition coefficient (Wildman–Crippen LogP) is 5.06. The molecule has 1 saturated heterocycles. The number of carbonyl (C=O) groups is 2. The summed E-state index contributed by atoms with van der Waals surface area (Å²) in [6.07, 6.45) is 0. The zero-order valence-corrected chi connectivity index (χ0v) is 23.2. The number of rotatable bonds is 7. The van der Waals surface area contributed by atoms with Crippen molar-refractivity contribution in [3.63, 3.8) is 0 Å². The van der Waals surface area contributed by atoms with Crippen LogP contribution in [-0.4, -0.2) is 74.9 Å². The highest BCUT2D eigenvalue weighted by Gasteiger charge is 2.31. The molecule has 1 unspecified atom stereocenters. The average Bonchev–Trinajstić information content (AvgIpc) is 3.40. The van der Waals surface area contributed by atoms with Gasteiger partial charge in [-0.1, -0.05) is 65.8 Å². The van der Waals surface area contributed by atoms with Gasteiger partial charge in [-0.3, -0.25) is 14.2 Å². The van der Waals surface area contributed by atoms with Crippen molar-refractivity contribution in [2.45, 2.75) is 18.1 Å². The Morgan fingerprint density at radius 1 is 1.00 bits per heavy atom. The van der Waals surface area contributed by atoms with Gasteiger partial charge in [0.15, 0.2) is 11.0 Å². The second kappa shape index (κ2) is 11.9. The number of amides is 2. The number of halogens is 1. The van der Waals surface area contributed by atoms with Gasteiger partial charge in [0.25, 0.3) is 5.91 Å². The van der Waals surface area contributed by atoms with Gasteiger partial charge in [0.2, 0.25) is 5.91 Å². The molecule has 8 nitrogen and oxygen atoms in total. The lowest BCUT2D eigenvalue weighted by molar-refractivity contribution is -0.130. The monoisotopic (exact) mass is 561 g/mol. The Balaban J connectivity index is 1.29. The van der Waals surface area contributed by atoms with E-state index in [4.69, 9.17) is 16.3 Å². The predicted molar refractivity (Wildman–Crippen MR) is 153 cm³/mol. The van der Waals surface area contributed by atoms with E-state index in [1.165, 1.54) is 11.8 Å². The van der Waals surface area contributed by atoms with Gasteiger partial charge in [-0.2, -0.15) is 0 Å². The van der Waals surface area contributed by atoms with Gasteiger partial charge in [0.1, 0.15) is 5.75 Å². The maximum atomic E-state index is 13.2. The maximum Gasteiger partial charge on any atom is 0.255 e. The number of carbonyl (C=O) groups excluding carboxylic acids is 2. The van der Waals surface area contributed by atoms with Gasteiger partial charge < -0.3 is 14.5 Å². The second-order valence-electron chi connectivity index (χ2n) is 9.16. The van der Waals surface area contributed by atoms with Crippen LogP contribution < -0.4 is 4.74 Å². The van der Waals surface area contributed by atoms with Gasteiger partial charge in [-0.15, -0.1) is 10.2 Å². The van der Waals surface area contributed by atoms with E-state index in [0.29, 0.717) is 41.2 Å². The molecule has 4 aromatic rings. The lowest BCUT2D eigenvalue weighted by atomic mass is 10.1. The van der Waals surface area contributed by atoms with Crippen LogP contribution in [0.25, 0.3) is 17.1 Å². The lowest BCUT2D eigenvalue weighted by Crippen LogP contribution is -2.55. The minimum atomic E-state index is -0.135. The smallest absolute Gasteiger partial charge is 0.255 e. The molecule has 0 spiro atoms. The molecule has 1 aromatic heterocycles. The molecule has 3 aromatic carbocycles. The van der Waals surface area contributed by atoms with Crippen molar-refractivity contribution in [2.75, 3.05) is 32.5 Å². The summed E-state index contributed by atoms with van der Waals surface area (Å²) in [6, 6.07) is 24.4. The van der Waals surface area contributed by atoms with E-state index in [9.17, 15) is 9.59 Å². The topological polar surface area (TPSA) is 80.6 Å². The molecule has 200 valence electrons. The Kier molecular flexibility index (Phi) is 8.18. The normalized spacial score (nSPS) is 15.3. The van der Waals surface area contributed by atoms with Crippen LogP contribution in [0.1, 0.15) is 17.3 Å². The molecule has 0 aliphatic carbocycles. The molecule has 2 heterocycles. The fourth-order valence-corrected chi connectivity index (χ4v) is 5.69. The molecule has 1 aliphatic rings. The van der Waals surface area contributed by atoms with Gasteiger partial charge in [0.05, 0.1) is 23.4 Å². The summed E-state index contributed by atoms with van der Waals surface area (Å²) in [4.78, 5) is 29.9. The molecule has 1 fully saturated rings. The van der Waals surface area contributed by atoms with Gasteiger partial charge in [-0.05, 0) is 43.3 Å². The van der Waals surface area contributed by atoms with Crippen LogP contribution in [-0.2, 0) is 4.79 Å². The molecule has 0 N–H and O–H groups in total. The Morgan fingerprint density at radius 2 is 1.77 bits per heavy atom. The molecule has 0 saturated carbocycles. The third-order valence-corrected chi connectivity index (χ3v) is 7.89. The van der Waals surface area contributed by atoms with E-state index in [0.717, 1.165) is 17.0 Å². The zero-order chi connectivity index (χ0) is 27.4. The highest BCUT2D eigenvalue weighted by atomic mass is 35.5. The van der Waals surface area contributed by atoms with E-state index in [2.05, 4.69) is 10.2 Å². The first-order chi connectivity index (χ1) is 19.0. The fourth-order valence-electron chi connectivity index (χ4n) is 4.62. The van der Waals surface area contributed by atoms with Crippen LogP contribution >= 0.6 is 23.4 Å². The van der Waals surface area contributed by atoms with Crippen molar-refractivity contribution in [2.24, 2.45) is 0 Å². The molecular formula is C29H28ClN5O3S. The van der Waals surface area contributed by atoms with E-state index in [1.54, 1.807) is 41.2 Å². The van der Waals surface area contributed by atoms with Gasteiger partial charge in [0, 0.05) is 36.9 Å². The zero-order valence-electron chi connectivity index (χ0n) is 21.7. The third kappa shape index (κ3) is 5.79. The minimum Gasteiger partial charge on any atom is -0.497 e. The quantitative estimate of drug-likeness (QED) is 0.293. The van der Waals surface area contributed by atoms with Crippen LogP contribution in [0.4, 0.5) is 0 Å². The minimum absolute atomic E-state index is 0.0118. The van der Waals surface area contributed by atoms with Crippen LogP contribution in [0.2, 0.25) is 5.02 Å². The van der Waals surface area contributed by atoms with E-state index in [1.807, 2.05) is 66.1 Å². The fraction of sp³-hybridized carbons (Fsp3) is 0.241. The largest absolute Gasteiger partial charge is 0.497 e. The van der Waals surface area contributed by atoms with Gasteiger partial charge >= 0.3 is 0 Å². The average molecular weight is 562 g/mol. The molecule has 1 aliphatic heterocycles. The number of ether oxygens (including phenoxy) is 1. The third-order valence-electron chi connectivity index (χ3n) is 6.65. The molecular weight excluding hydrogens is 534 g/mol. The van der Waals surface area contributed by atoms with Crippen LogP contribution in [0, 0.1) is 0 Å². The van der Waals surface area contributed by atoms with Crippen molar-refractivity contribution in [1.29, 1.82) is 0 Å². The van der Waals surface area contributed by atoms with Crippen molar-refractivity contribution in [3.05, 3.63) is 89.4 Å². The molecule has 39 heavy (non-hydrogen) atoms. The number of methoxy groups -OCH3 is 1. The first-order valence-electron chi connectivity index (χ1n) is 12.6. The van der Waals surface area contributed by atoms with Crippen LogP contribution in [0.3, 0.4) is 0 Å². The Bertz CT molecular complexity index is 1480. The molecule has 2 amide bonds. The number of thioether (sulfide) groups is 1. The van der Waals surface area contributed by atoms with E-state index >= 15 is 0 Å². The Hall–Kier alpha value is -3.82. The molecule has 0 bridgehead atoms. The highest BCUT2D eigenvalue weighted by Crippen LogP contribution is 2.30. The summed E-state index contributed by atoms with van der Waals surface area (Å²) in [6.45, 7) is 3.31. The Morgan fingerprint density at radius 3 is 2.51 bits per heavy atom. The summed E-state index contributed by atoms with van der Waals surface area (Å²) in [5, 5.41) is 9.94.